The molecule has 0 aromatic carbocycles. The van der Waals surface area contributed by atoms with Crippen molar-refractivity contribution >= 4 is 17.6 Å². The Labute approximate surface area is 167 Å². The highest BCUT2D eigenvalue weighted by atomic mass is 19.4. The molecule has 2 aromatic heterocycles. The zero-order chi connectivity index (χ0) is 22.4. The van der Waals surface area contributed by atoms with Crippen LogP contribution in [0.1, 0.15) is 29.3 Å². The fraction of sp³-hybridized carbons (Fsp3) is 0.333. The first kappa shape index (κ1) is 23.0. The number of carbonyl (C=O) groups is 2. The van der Waals surface area contributed by atoms with Gasteiger partial charge in [0.1, 0.15) is 5.82 Å². The Morgan fingerprint density at radius 3 is 2.43 bits per heavy atom. The molecule has 0 fully saturated rings. The van der Waals surface area contributed by atoms with Crippen molar-refractivity contribution in [3.63, 3.8) is 0 Å². The topological polar surface area (TPSA) is 93.2 Å². The number of rotatable bonds is 8. The molecule has 7 nitrogen and oxygen atoms in total. The van der Waals surface area contributed by atoms with Gasteiger partial charge in [0.15, 0.2) is 6.61 Å². The van der Waals surface area contributed by atoms with E-state index in [4.69, 9.17) is 0 Å². The van der Waals surface area contributed by atoms with Gasteiger partial charge in [0.2, 0.25) is 11.8 Å². The summed E-state index contributed by atoms with van der Waals surface area (Å²) in [6.07, 6.45) is -2.95. The lowest BCUT2D eigenvalue weighted by Gasteiger charge is -2.19. The Bertz CT molecular complexity index is 888. The van der Waals surface area contributed by atoms with Crippen molar-refractivity contribution in [1.29, 1.82) is 0 Å². The number of amides is 2. The fourth-order valence-electron chi connectivity index (χ4n) is 2.00. The summed E-state index contributed by atoms with van der Waals surface area (Å²) in [5.41, 5.74) is 0.686. The van der Waals surface area contributed by atoms with Crippen LogP contribution >= 0.6 is 0 Å². The number of carbonyl (C=O) groups excluding carboxylic acids is 2. The Kier molecular flexibility index (Phi) is 7.24. The Morgan fingerprint density at radius 1 is 1.10 bits per heavy atom. The van der Waals surface area contributed by atoms with Crippen LogP contribution in [0.2, 0.25) is 0 Å². The molecule has 12 heteroatoms. The van der Waals surface area contributed by atoms with Crippen LogP contribution in [-0.4, -0.2) is 40.5 Å². The highest BCUT2D eigenvalue weighted by molar-refractivity contribution is 5.96. The number of hydrogen-bond acceptors (Lipinski definition) is 5. The number of alkyl halides is 5. The van der Waals surface area contributed by atoms with E-state index < -0.39 is 30.5 Å². The van der Waals surface area contributed by atoms with Crippen molar-refractivity contribution < 1.29 is 36.3 Å². The molecule has 0 aliphatic carbocycles. The average molecular weight is 432 g/mol. The van der Waals surface area contributed by atoms with Gasteiger partial charge in [0.05, 0.1) is 0 Å². The first-order chi connectivity index (χ1) is 14.0. The predicted octanol–water partition coefficient (Wildman–Crippen LogP) is 3.33. The fourth-order valence-corrected chi connectivity index (χ4v) is 2.00. The lowest BCUT2D eigenvalue weighted by Crippen LogP contribution is -2.41. The standard InChI is InChI=1S/C18H17F5N4O3/c1-2-14(28)27-13-7-12(5-6-24-13)16(29)26-9-11-3-4-15(25-8-11)30-10-17(19,20)18(21,22)23/h3-8H,2,9-10H2,1H3,(H,26,29)(H,24,27,28). The van der Waals surface area contributed by atoms with Gasteiger partial charge >= 0.3 is 12.1 Å². The highest BCUT2D eigenvalue weighted by Crippen LogP contribution is 2.35. The zero-order valence-electron chi connectivity index (χ0n) is 15.6. The molecule has 2 N–H and O–H groups in total. The van der Waals surface area contributed by atoms with Crippen molar-refractivity contribution in [3.8, 4) is 5.88 Å². The third kappa shape index (κ3) is 6.36. The summed E-state index contributed by atoms with van der Waals surface area (Å²) >= 11 is 0. The Hall–Kier alpha value is -3.31. The van der Waals surface area contributed by atoms with Gasteiger partial charge in [-0.25, -0.2) is 9.97 Å². The molecular weight excluding hydrogens is 415 g/mol. The first-order valence-electron chi connectivity index (χ1n) is 8.58. The van der Waals surface area contributed by atoms with Crippen LogP contribution in [0.3, 0.4) is 0 Å². The molecule has 2 amide bonds. The quantitative estimate of drug-likeness (QED) is 0.625. The third-order valence-electron chi connectivity index (χ3n) is 3.68. The second kappa shape index (κ2) is 9.46. The van der Waals surface area contributed by atoms with Crippen molar-refractivity contribution in [3.05, 3.63) is 47.8 Å². The molecule has 0 spiro atoms. The van der Waals surface area contributed by atoms with Crippen LogP contribution in [0, 0.1) is 0 Å². The van der Waals surface area contributed by atoms with E-state index in [0.717, 1.165) is 6.07 Å². The normalized spacial score (nSPS) is 11.7. The molecule has 162 valence electrons. The minimum Gasteiger partial charge on any atom is -0.471 e. The molecule has 0 aliphatic rings. The van der Waals surface area contributed by atoms with Crippen molar-refractivity contribution in [2.45, 2.75) is 32.0 Å². The largest absolute Gasteiger partial charge is 0.471 e. The third-order valence-corrected chi connectivity index (χ3v) is 3.68. The van der Waals surface area contributed by atoms with E-state index >= 15 is 0 Å². The number of nitrogens with one attached hydrogen (secondary N) is 2. The number of halogens is 5. The molecule has 30 heavy (non-hydrogen) atoms. The van der Waals surface area contributed by atoms with Gasteiger partial charge in [0, 0.05) is 37.0 Å². The predicted molar refractivity (Wildman–Crippen MR) is 95.1 cm³/mol. The molecule has 0 radical (unpaired) electrons. The number of anilines is 1. The van der Waals surface area contributed by atoms with Crippen molar-refractivity contribution in [2.24, 2.45) is 0 Å². The van der Waals surface area contributed by atoms with Gasteiger partial charge in [-0.3, -0.25) is 9.59 Å². The molecule has 0 saturated heterocycles. The maximum absolute atomic E-state index is 12.8. The molecule has 0 saturated carbocycles. The number of ether oxygens (including phenoxy) is 1. The minimum atomic E-state index is -5.72. The molecule has 2 heterocycles. The van der Waals surface area contributed by atoms with Crippen LogP contribution in [-0.2, 0) is 11.3 Å². The number of hydrogen-bond donors (Lipinski definition) is 2. The molecule has 0 unspecified atom stereocenters. The Morgan fingerprint density at radius 2 is 1.83 bits per heavy atom. The van der Waals surface area contributed by atoms with Crippen LogP contribution < -0.4 is 15.4 Å². The van der Waals surface area contributed by atoms with Crippen LogP contribution in [0.15, 0.2) is 36.7 Å². The monoisotopic (exact) mass is 432 g/mol. The second-order valence-corrected chi connectivity index (χ2v) is 6.01. The summed E-state index contributed by atoms with van der Waals surface area (Å²) in [6.45, 7) is -0.222. The van der Waals surface area contributed by atoms with Crippen molar-refractivity contribution in [1.82, 2.24) is 15.3 Å². The van der Waals surface area contributed by atoms with E-state index in [-0.39, 0.29) is 30.3 Å². The maximum Gasteiger partial charge on any atom is 0.456 e. The summed E-state index contributed by atoms with van der Waals surface area (Å²) in [5, 5.41) is 5.10. The molecular formula is C18H17F5N4O3. The van der Waals surface area contributed by atoms with E-state index in [2.05, 4.69) is 25.3 Å². The SMILES string of the molecule is CCC(=O)Nc1cc(C(=O)NCc2ccc(OCC(F)(F)C(F)(F)F)nc2)ccn1. The highest BCUT2D eigenvalue weighted by Gasteiger charge is 2.58. The summed E-state index contributed by atoms with van der Waals surface area (Å²) in [7, 11) is 0. The number of nitrogens with zero attached hydrogens (tertiary/aromatic N) is 2. The molecule has 0 bridgehead atoms. The lowest BCUT2D eigenvalue weighted by molar-refractivity contribution is -0.290. The van der Waals surface area contributed by atoms with E-state index in [0.29, 0.717) is 5.56 Å². The zero-order valence-corrected chi connectivity index (χ0v) is 15.6. The summed E-state index contributed by atoms with van der Waals surface area (Å²) in [6, 6.07) is 5.29. The molecule has 2 rings (SSSR count). The minimum absolute atomic E-state index is 0.00377. The number of pyridine rings is 2. The van der Waals surface area contributed by atoms with Crippen molar-refractivity contribution in [2.75, 3.05) is 11.9 Å². The first-order valence-corrected chi connectivity index (χ1v) is 8.58. The lowest BCUT2D eigenvalue weighted by atomic mass is 10.2. The summed E-state index contributed by atoms with van der Waals surface area (Å²) in [4.78, 5) is 31.2. The summed E-state index contributed by atoms with van der Waals surface area (Å²) in [5.74, 6) is -5.94. The molecule has 2 aromatic rings. The average Bonchev–Trinajstić information content (AvgIpc) is 2.70. The molecule has 0 aliphatic heterocycles. The van der Waals surface area contributed by atoms with Crippen LogP contribution in [0.25, 0.3) is 0 Å². The maximum atomic E-state index is 12.8. The second-order valence-electron chi connectivity index (χ2n) is 6.01. The smallest absolute Gasteiger partial charge is 0.456 e. The van der Waals surface area contributed by atoms with Gasteiger partial charge in [-0.15, -0.1) is 0 Å². The van der Waals surface area contributed by atoms with Crippen LogP contribution in [0.5, 0.6) is 5.88 Å². The van der Waals surface area contributed by atoms with Crippen LogP contribution in [0.4, 0.5) is 27.8 Å². The Balaban J connectivity index is 1.90. The number of aromatic nitrogens is 2. The van der Waals surface area contributed by atoms with E-state index in [9.17, 15) is 31.5 Å². The summed E-state index contributed by atoms with van der Waals surface area (Å²) < 4.78 is 66.4. The van der Waals surface area contributed by atoms with E-state index in [1.165, 1.54) is 30.6 Å². The van der Waals surface area contributed by atoms with Gasteiger partial charge in [-0.2, -0.15) is 22.0 Å². The van der Waals surface area contributed by atoms with Gasteiger partial charge < -0.3 is 15.4 Å². The molecule has 0 atom stereocenters. The van der Waals surface area contributed by atoms with Gasteiger partial charge in [-0.1, -0.05) is 13.0 Å². The van der Waals surface area contributed by atoms with Gasteiger partial charge in [-0.05, 0) is 17.7 Å². The van der Waals surface area contributed by atoms with E-state index in [1.54, 1.807) is 6.92 Å². The van der Waals surface area contributed by atoms with E-state index in [1.807, 2.05) is 0 Å². The van der Waals surface area contributed by atoms with Gasteiger partial charge in [0.25, 0.3) is 5.91 Å².